The predicted octanol–water partition coefficient (Wildman–Crippen LogP) is 3.51. The van der Waals surface area contributed by atoms with Gasteiger partial charge in [-0.1, -0.05) is 36.4 Å². The fourth-order valence-corrected chi connectivity index (χ4v) is 2.73. The molecule has 0 radical (unpaired) electrons. The van der Waals surface area contributed by atoms with Crippen LogP contribution in [0.25, 0.3) is 21.5 Å². The van der Waals surface area contributed by atoms with E-state index in [1.54, 1.807) is 0 Å². The van der Waals surface area contributed by atoms with Gasteiger partial charge in [-0.05, 0) is 39.2 Å². The third-order valence-corrected chi connectivity index (χ3v) is 3.67. The van der Waals surface area contributed by atoms with E-state index >= 15 is 0 Å². The average Bonchev–Trinajstić information content (AvgIpc) is 2.78. The van der Waals surface area contributed by atoms with Crippen molar-refractivity contribution in [2.24, 2.45) is 0 Å². The van der Waals surface area contributed by atoms with Crippen molar-refractivity contribution in [3.63, 3.8) is 0 Å². The Hall–Kier alpha value is -1.90. The minimum Gasteiger partial charge on any atom is -0.364 e. The van der Waals surface area contributed by atoms with Gasteiger partial charge in [-0.2, -0.15) is 0 Å². The minimum atomic E-state index is -0.768. The standard InChI is InChI=1S/C16H12O2/c17-16-15-7-11-6-5-10-3-1-2-4-13(10)14(11)8-12(15)9-18-16/h1-8,16-17H,9H2. The first-order valence-electron chi connectivity index (χ1n) is 6.07. The maximum Gasteiger partial charge on any atom is 0.181 e. The van der Waals surface area contributed by atoms with Gasteiger partial charge in [-0.3, -0.25) is 0 Å². The topological polar surface area (TPSA) is 29.5 Å². The predicted molar refractivity (Wildman–Crippen MR) is 71.2 cm³/mol. The Morgan fingerprint density at radius 3 is 2.72 bits per heavy atom. The van der Waals surface area contributed by atoms with Crippen LogP contribution in [0, 0.1) is 0 Å². The summed E-state index contributed by atoms with van der Waals surface area (Å²) in [4.78, 5) is 0. The highest BCUT2D eigenvalue weighted by Crippen LogP contribution is 2.34. The molecular formula is C16H12O2. The van der Waals surface area contributed by atoms with Gasteiger partial charge >= 0.3 is 0 Å². The lowest BCUT2D eigenvalue weighted by Crippen LogP contribution is -1.92. The molecule has 0 aromatic heterocycles. The summed E-state index contributed by atoms with van der Waals surface area (Å²) in [5.74, 6) is 0. The molecule has 1 aliphatic rings. The number of rotatable bonds is 0. The Balaban J connectivity index is 2.14. The van der Waals surface area contributed by atoms with Gasteiger partial charge in [0.15, 0.2) is 6.29 Å². The minimum absolute atomic E-state index is 0.496. The van der Waals surface area contributed by atoms with Gasteiger partial charge < -0.3 is 9.84 Å². The van der Waals surface area contributed by atoms with Crippen LogP contribution in [0.1, 0.15) is 17.4 Å². The highest BCUT2D eigenvalue weighted by Gasteiger charge is 2.21. The van der Waals surface area contributed by atoms with Gasteiger partial charge in [-0.15, -0.1) is 0 Å². The van der Waals surface area contributed by atoms with Crippen LogP contribution in [0.15, 0.2) is 48.5 Å². The van der Waals surface area contributed by atoms with Crippen molar-refractivity contribution in [2.45, 2.75) is 12.9 Å². The van der Waals surface area contributed by atoms with Gasteiger partial charge in [0.05, 0.1) is 6.61 Å². The molecule has 2 heteroatoms. The van der Waals surface area contributed by atoms with E-state index in [1.165, 1.54) is 16.2 Å². The number of ether oxygens (including phenoxy) is 1. The van der Waals surface area contributed by atoms with Crippen molar-refractivity contribution in [2.75, 3.05) is 0 Å². The van der Waals surface area contributed by atoms with Crippen LogP contribution >= 0.6 is 0 Å². The van der Waals surface area contributed by atoms with E-state index in [4.69, 9.17) is 4.74 Å². The van der Waals surface area contributed by atoms with Crippen molar-refractivity contribution < 1.29 is 9.84 Å². The summed E-state index contributed by atoms with van der Waals surface area (Å²) < 4.78 is 5.26. The largest absolute Gasteiger partial charge is 0.364 e. The molecule has 1 N–H and O–H groups in total. The molecular weight excluding hydrogens is 224 g/mol. The zero-order valence-electron chi connectivity index (χ0n) is 9.76. The Bertz CT molecular complexity index is 761. The zero-order valence-corrected chi connectivity index (χ0v) is 9.76. The molecule has 0 aliphatic carbocycles. The molecule has 1 aliphatic heterocycles. The molecule has 0 saturated carbocycles. The summed E-state index contributed by atoms with van der Waals surface area (Å²) in [6.45, 7) is 0.496. The molecule has 0 fully saturated rings. The first kappa shape index (κ1) is 10.1. The van der Waals surface area contributed by atoms with E-state index < -0.39 is 6.29 Å². The monoisotopic (exact) mass is 236 g/mol. The van der Waals surface area contributed by atoms with Gasteiger partial charge in [0.1, 0.15) is 0 Å². The van der Waals surface area contributed by atoms with Gasteiger partial charge in [0.2, 0.25) is 0 Å². The number of hydrogen-bond acceptors (Lipinski definition) is 2. The van der Waals surface area contributed by atoms with Crippen molar-refractivity contribution in [1.82, 2.24) is 0 Å². The number of fused-ring (bicyclic) bond motifs is 4. The molecule has 2 nitrogen and oxygen atoms in total. The van der Waals surface area contributed by atoms with Crippen molar-refractivity contribution in [1.29, 1.82) is 0 Å². The number of hydrogen-bond donors (Lipinski definition) is 1. The van der Waals surface area contributed by atoms with Gasteiger partial charge in [0.25, 0.3) is 0 Å². The SMILES string of the molecule is OC1OCc2cc3c(ccc4ccccc43)cc21. The van der Waals surface area contributed by atoms with Crippen LogP contribution in [0.3, 0.4) is 0 Å². The van der Waals surface area contributed by atoms with Crippen molar-refractivity contribution in [3.05, 3.63) is 59.7 Å². The second-order valence-electron chi connectivity index (χ2n) is 4.72. The van der Waals surface area contributed by atoms with E-state index in [9.17, 15) is 5.11 Å². The molecule has 3 aromatic carbocycles. The Morgan fingerprint density at radius 1 is 0.944 bits per heavy atom. The van der Waals surface area contributed by atoms with Gasteiger partial charge in [-0.25, -0.2) is 0 Å². The zero-order chi connectivity index (χ0) is 12.1. The van der Waals surface area contributed by atoms with Crippen LogP contribution in [-0.2, 0) is 11.3 Å². The molecule has 1 atom stereocenters. The Kier molecular flexibility index (Phi) is 1.98. The fourth-order valence-electron chi connectivity index (χ4n) is 2.73. The molecule has 18 heavy (non-hydrogen) atoms. The summed E-state index contributed by atoms with van der Waals surface area (Å²) >= 11 is 0. The third-order valence-electron chi connectivity index (χ3n) is 3.67. The first-order valence-corrected chi connectivity index (χ1v) is 6.07. The van der Waals surface area contributed by atoms with Crippen LogP contribution in [0.5, 0.6) is 0 Å². The van der Waals surface area contributed by atoms with Gasteiger partial charge in [0, 0.05) is 5.56 Å². The van der Waals surface area contributed by atoms with Crippen LogP contribution in [-0.4, -0.2) is 5.11 Å². The molecule has 88 valence electrons. The first-order chi connectivity index (χ1) is 8.83. The lowest BCUT2D eigenvalue weighted by Gasteiger charge is -2.07. The second kappa shape index (κ2) is 3.55. The maximum absolute atomic E-state index is 9.73. The van der Waals surface area contributed by atoms with E-state index in [0.29, 0.717) is 6.61 Å². The summed E-state index contributed by atoms with van der Waals surface area (Å²) in [6, 6.07) is 16.8. The number of benzene rings is 3. The molecule has 3 aromatic rings. The highest BCUT2D eigenvalue weighted by molar-refractivity contribution is 6.07. The lowest BCUT2D eigenvalue weighted by atomic mass is 9.97. The number of aliphatic hydroxyl groups is 1. The van der Waals surface area contributed by atoms with Crippen molar-refractivity contribution in [3.8, 4) is 0 Å². The van der Waals surface area contributed by atoms with Crippen LogP contribution in [0.4, 0.5) is 0 Å². The van der Waals surface area contributed by atoms with E-state index in [0.717, 1.165) is 16.5 Å². The van der Waals surface area contributed by atoms with Crippen molar-refractivity contribution >= 4 is 21.5 Å². The normalized spacial score (nSPS) is 18.4. The molecule has 0 bridgehead atoms. The molecule has 0 amide bonds. The Labute approximate surface area is 104 Å². The quantitative estimate of drug-likeness (QED) is 0.605. The maximum atomic E-state index is 9.73. The molecule has 0 spiro atoms. The smallest absolute Gasteiger partial charge is 0.181 e. The van der Waals surface area contributed by atoms with Crippen LogP contribution < -0.4 is 0 Å². The molecule has 4 rings (SSSR count). The van der Waals surface area contributed by atoms with E-state index in [2.05, 4.69) is 36.4 Å². The fraction of sp³-hybridized carbons (Fsp3) is 0.125. The summed E-state index contributed by atoms with van der Waals surface area (Å²) in [6.07, 6.45) is -0.768. The number of aliphatic hydroxyl groups excluding tert-OH is 1. The second-order valence-corrected chi connectivity index (χ2v) is 4.72. The summed E-state index contributed by atoms with van der Waals surface area (Å²) in [5, 5.41) is 14.6. The van der Waals surface area contributed by atoms with Crippen LogP contribution in [0.2, 0.25) is 0 Å². The lowest BCUT2D eigenvalue weighted by molar-refractivity contribution is -0.0918. The summed E-state index contributed by atoms with van der Waals surface area (Å²) in [7, 11) is 0. The van der Waals surface area contributed by atoms with E-state index in [1.807, 2.05) is 12.1 Å². The third kappa shape index (κ3) is 1.30. The van der Waals surface area contributed by atoms with E-state index in [-0.39, 0.29) is 0 Å². The highest BCUT2D eigenvalue weighted by atomic mass is 16.6. The molecule has 1 heterocycles. The average molecular weight is 236 g/mol. The molecule has 1 unspecified atom stereocenters. The molecule has 0 saturated heterocycles. The Morgan fingerprint density at radius 2 is 1.78 bits per heavy atom. The summed E-state index contributed by atoms with van der Waals surface area (Å²) in [5.41, 5.74) is 1.99.